The van der Waals surface area contributed by atoms with Crippen molar-refractivity contribution in [3.8, 4) is 0 Å². The van der Waals surface area contributed by atoms with Crippen LogP contribution in [0.25, 0.3) is 0 Å². The van der Waals surface area contributed by atoms with Crippen molar-refractivity contribution in [3.05, 3.63) is 46.5 Å². The van der Waals surface area contributed by atoms with Gasteiger partial charge in [-0.15, -0.1) is 0 Å². The molecule has 0 aliphatic rings. The van der Waals surface area contributed by atoms with Gasteiger partial charge in [0.05, 0.1) is 0 Å². The fraction of sp³-hybridized carbons (Fsp3) is 0.100. The number of pyridine rings is 1. The summed E-state index contributed by atoms with van der Waals surface area (Å²) in [5.74, 6) is 1.14. The van der Waals surface area contributed by atoms with Gasteiger partial charge in [-0.3, -0.25) is 4.79 Å². The standard InChI is InChI=1S/C10H10N4OS/c11-9-7(2-1-4-12-9)6-16-10-13-5-3-8(15)14-10/h1-5H,6H2,(H2,11,12)(H,13,14,15). The number of rotatable bonds is 3. The van der Waals surface area contributed by atoms with E-state index in [4.69, 9.17) is 5.73 Å². The lowest BCUT2D eigenvalue weighted by Crippen LogP contribution is -2.05. The molecular weight excluding hydrogens is 224 g/mol. The first-order chi connectivity index (χ1) is 7.75. The lowest BCUT2D eigenvalue weighted by atomic mass is 10.3. The Morgan fingerprint density at radius 3 is 2.94 bits per heavy atom. The number of aromatic nitrogens is 3. The summed E-state index contributed by atoms with van der Waals surface area (Å²) in [6.45, 7) is 0. The van der Waals surface area contributed by atoms with Crippen molar-refractivity contribution in [1.82, 2.24) is 15.0 Å². The zero-order valence-electron chi connectivity index (χ0n) is 8.38. The van der Waals surface area contributed by atoms with E-state index in [0.717, 1.165) is 5.56 Å². The fourth-order valence-corrected chi connectivity index (χ4v) is 1.99. The average molecular weight is 234 g/mol. The zero-order valence-corrected chi connectivity index (χ0v) is 9.20. The summed E-state index contributed by atoms with van der Waals surface area (Å²) >= 11 is 1.42. The van der Waals surface area contributed by atoms with Gasteiger partial charge >= 0.3 is 0 Å². The Morgan fingerprint density at radius 2 is 2.19 bits per heavy atom. The van der Waals surface area contributed by atoms with Crippen molar-refractivity contribution >= 4 is 17.6 Å². The molecule has 0 atom stereocenters. The monoisotopic (exact) mass is 234 g/mol. The lowest BCUT2D eigenvalue weighted by molar-refractivity contribution is 0.936. The molecule has 3 N–H and O–H groups in total. The summed E-state index contributed by atoms with van der Waals surface area (Å²) in [5.41, 5.74) is 6.47. The highest BCUT2D eigenvalue weighted by molar-refractivity contribution is 7.98. The molecule has 0 bridgehead atoms. The normalized spacial score (nSPS) is 10.2. The maximum atomic E-state index is 11.0. The van der Waals surface area contributed by atoms with E-state index >= 15 is 0 Å². The van der Waals surface area contributed by atoms with E-state index < -0.39 is 0 Å². The van der Waals surface area contributed by atoms with E-state index in [-0.39, 0.29) is 5.56 Å². The average Bonchev–Trinajstić information content (AvgIpc) is 2.28. The van der Waals surface area contributed by atoms with Crippen molar-refractivity contribution in [2.75, 3.05) is 5.73 Å². The molecule has 0 saturated carbocycles. The molecule has 0 unspecified atom stereocenters. The number of thioether (sulfide) groups is 1. The Kier molecular flexibility index (Phi) is 3.21. The van der Waals surface area contributed by atoms with Crippen molar-refractivity contribution < 1.29 is 0 Å². The first-order valence-electron chi connectivity index (χ1n) is 4.63. The number of hydrogen-bond acceptors (Lipinski definition) is 5. The van der Waals surface area contributed by atoms with Crippen molar-refractivity contribution in [3.63, 3.8) is 0 Å². The van der Waals surface area contributed by atoms with Gasteiger partial charge in [0.1, 0.15) is 5.82 Å². The molecule has 2 aromatic heterocycles. The minimum absolute atomic E-state index is 0.156. The molecular formula is C10H10N4OS. The summed E-state index contributed by atoms with van der Waals surface area (Å²) in [5, 5.41) is 0.579. The Morgan fingerprint density at radius 1 is 1.31 bits per heavy atom. The molecule has 0 aliphatic carbocycles. The molecule has 0 aliphatic heterocycles. The zero-order chi connectivity index (χ0) is 11.4. The minimum atomic E-state index is -0.156. The van der Waals surface area contributed by atoms with Crippen LogP contribution in [0.5, 0.6) is 0 Å². The topological polar surface area (TPSA) is 84.7 Å². The number of nitrogens with zero attached hydrogens (tertiary/aromatic N) is 2. The summed E-state index contributed by atoms with van der Waals surface area (Å²) in [7, 11) is 0. The highest BCUT2D eigenvalue weighted by atomic mass is 32.2. The SMILES string of the molecule is Nc1ncccc1CSc1nccc(=O)[nH]1. The van der Waals surface area contributed by atoms with Gasteiger partial charge in [-0.1, -0.05) is 17.8 Å². The molecule has 0 aromatic carbocycles. The van der Waals surface area contributed by atoms with Crippen LogP contribution < -0.4 is 11.3 Å². The van der Waals surface area contributed by atoms with Gasteiger partial charge in [-0.2, -0.15) is 0 Å². The van der Waals surface area contributed by atoms with Crippen molar-refractivity contribution in [1.29, 1.82) is 0 Å². The molecule has 6 heteroatoms. The first-order valence-corrected chi connectivity index (χ1v) is 5.62. The Labute approximate surface area is 96.1 Å². The second kappa shape index (κ2) is 4.80. The third-order valence-corrected chi connectivity index (χ3v) is 2.87. The quantitative estimate of drug-likeness (QED) is 0.612. The minimum Gasteiger partial charge on any atom is -0.383 e. The molecule has 0 radical (unpaired) electrons. The number of H-pyrrole nitrogens is 1. The summed E-state index contributed by atoms with van der Waals surface area (Å²) in [6.07, 6.45) is 3.12. The maximum Gasteiger partial charge on any atom is 0.251 e. The van der Waals surface area contributed by atoms with E-state index in [9.17, 15) is 4.79 Å². The van der Waals surface area contributed by atoms with Gasteiger partial charge in [-0.25, -0.2) is 9.97 Å². The van der Waals surface area contributed by atoms with Gasteiger partial charge in [-0.05, 0) is 6.07 Å². The Hall–Kier alpha value is -1.82. The van der Waals surface area contributed by atoms with Gasteiger partial charge in [0.2, 0.25) is 0 Å². The van der Waals surface area contributed by atoms with E-state index in [2.05, 4.69) is 15.0 Å². The van der Waals surface area contributed by atoms with E-state index in [1.807, 2.05) is 12.1 Å². The maximum absolute atomic E-state index is 11.0. The number of nitrogens with one attached hydrogen (secondary N) is 1. The largest absolute Gasteiger partial charge is 0.383 e. The molecule has 2 heterocycles. The summed E-state index contributed by atoms with van der Waals surface area (Å²) in [6, 6.07) is 5.10. The van der Waals surface area contributed by atoms with Crippen LogP contribution in [0.3, 0.4) is 0 Å². The molecule has 0 spiro atoms. The van der Waals surface area contributed by atoms with Crippen LogP contribution >= 0.6 is 11.8 Å². The number of hydrogen-bond donors (Lipinski definition) is 2. The second-order valence-corrected chi connectivity index (χ2v) is 4.04. The molecule has 0 amide bonds. The highest BCUT2D eigenvalue weighted by Crippen LogP contribution is 2.20. The molecule has 2 aromatic rings. The third kappa shape index (κ3) is 2.60. The number of nitrogen functional groups attached to an aromatic ring is 1. The molecule has 0 fully saturated rings. The number of nitrogens with two attached hydrogens (primary N) is 1. The predicted octanol–water partition coefficient (Wildman–Crippen LogP) is 1.04. The smallest absolute Gasteiger partial charge is 0.251 e. The third-order valence-electron chi connectivity index (χ3n) is 1.94. The Bertz CT molecular complexity index is 540. The van der Waals surface area contributed by atoms with Crippen LogP contribution in [0.15, 0.2) is 40.5 Å². The molecule has 5 nitrogen and oxygen atoms in total. The van der Waals surface area contributed by atoms with Crippen LogP contribution in [0.4, 0.5) is 5.82 Å². The van der Waals surface area contributed by atoms with Gasteiger partial charge in [0.25, 0.3) is 5.56 Å². The Balaban J connectivity index is 2.08. The van der Waals surface area contributed by atoms with Crippen molar-refractivity contribution in [2.24, 2.45) is 0 Å². The van der Waals surface area contributed by atoms with E-state index in [1.54, 1.807) is 6.20 Å². The van der Waals surface area contributed by atoms with Gasteiger partial charge < -0.3 is 10.7 Å². The van der Waals surface area contributed by atoms with Crippen LogP contribution in [-0.4, -0.2) is 15.0 Å². The number of aromatic amines is 1. The van der Waals surface area contributed by atoms with Crippen LogP contribution in [0.1, 0.15) is 5.56 Å². The molecule has 16 heavy (non-hydrogen) atoms. The summed E-state index contributed by atoms with van der Waals surface area (Å²) < 4.78 is 0. The van der Waals surface area contributed by atoms with Crippen molar-refractivity contribution in [2.45, 2.75) is 10.9 Å². The van der Waals surface area contributed by atoms with E-state index in [1.165, 1.54) is 24.0 Å². The van der Waals surface area contributed by atoms with E-state index in [0.29, 0.717) is 16.7 Å². The molecule has 2 rings (SSSR count). The summed E-state index contributed by atoms with van der Waals surface area (Å²) in [4.78, 5) is 21.7. The second-order valence-electron chi connectivity index (χ2n) is 3.08. The predicted molar refractivity (Wildman–Crippen MR) is 63.1 cm³/mol. The number of anilines is 1. The first kappa shape index (κ1) is 10.7. The van der Waals surface area contributed by atoms with Gasteiger partial charge in [0.15, 0.2) is 5.16 Å². The lowest BCUT2D eigenvalue weighted by Gasteiger charge is -2.02. The van der Waals surface area contributed by atoms with Crippen LogP contribution in [0.2, 0.25) is 0 Å². The molecule has 0 saturated heterocycles. The van der Waals surface area contributed by atoms with Gasteiger partial charge in [0, 0.05) is 29.8 Å². The molecule has 82 valence electrons. The fourth-order valence-electron chi connectivity index (χ4n) is 1.14. The highest BCUT2D eigenvalue weighted by Gasteiger charge is 2.01. The van der Waals surface area contributed by atoms with Crippen LogP contribution in [0, 0.1) is 0 Å². The van der Waals surface area contributed by atoms with Crippen LogP contribution in [-0.2, 0) is 5.75 Å².